The first-order valence-corrected chi connectivity index (χ1v) is 8.46. The van der Waals surface area contributed by atoms with E-state index >= 15 is 0 Å². The van der Waals surface area contributed by atoms with Gasteiger partial charge in [-0.1, -0.05) is 13.8 Å². The summed E-state index contributed by atoms with van der Waals surface area (Å²) in [5, 5.41) is 0. The summed E-state index contributed by atoms with van der Waals surface area (Å²) in [4.78, 5) is 14.9. The lowest BCUT2D eigenvalue weighted by Gasteiger charge is -2.59. The van der Waals surface area contributed by atoms with E-state index in [1.807, 2.05) is 23.6 Å². The molecule has 2 unspecified atom stereocenters. The first-order valence-electron chi connectivity index (χ1n) is 7.48. The van der Waals surface area contributed by atoms with E-state index in [-0.39, 0.29) is 34.6 Å². The Balaban J connectivity index is 0.00000220. The van der Waals surface area contributed by atoms with Crippen LogP contribution in [0.3, 0.4) is 0 Å². The summed E-state index contributed by atoms with van der Waals surface area (Å²) in [6.07, 6.45) is 0.727. The van der Waals surface area contributed by atoms with Crippen molar-refractivity contribution in [3.8, 4) is 0 Å². The summed E-state index contributed by atoms with van der Waals surface area (Å²) < 4.78 is 5.83. The normalized spacial score (nSPS) is 33.8. The van der Waals surface area contributed by atoms with Crippen LogP contribution < -0.4 is 5.73 Å². The molecule has 0 aromatic rings. The number of nitrogens with two attached hydrogens (primary N) is 1. The third-order valence-electron chi connectivity index (χ3n) is 4.92. The highest BCUT2D eigenvalue weighted by atomic mass is 35.5. The van der Waals surface area contributed by atoms with E-state index < -0.39 is 5.54 Å². The number of rotatable bonds is 3. The molecule has 2 N–H and O–H groups in total. The monoisotopic (exact) mass is 336 g/mol. The van der Waals surface area contributed by atoms with Crippen molar-refractivity contribution in [2.75, 3.05) is 25.4 Å². The van der Waals surface area contributed by atoms with Gasteiger partial charge in [0, 0.05) is 42.0 Å². The minimum Gasteiger partial charge on any atom is -0.378 e. The van der Waals surface area contributed by atoms with Crippen molar-refractivity contribution < 1.29 is 9.53 Å². The Morgan fingerprint density at radius 2 is 2.00 bits per heavy atom. The number of carbonyl (C=O) groups is 1. The molecule has 1 aliphatic carbocycles. The standard InChI is InChI=1S/C15H28N2O2S.ClH/c1-6-19-11-9-15(16,14(11,4)5)12(18)17-7-8-20-13(2,3)10-17;/h11H,6-10,16H2,1-5H3;1H. The van der Waals surface area contributed by atoms with E-state index in [1.165, 1.54) is 0 Å². The Kier molecular flexibility index (Phi) is 5.69. The zero-order valence-electron chi connectivity index (χ0n) is 13.8. The van der Waals surface area contributed by atoms with Crippen LogP contribution in [-0.2, 0) is 9.53 Å². The van der Waals surface area contributed by atoms with Crippen LogP contribution in [0, 0.1) is 5.41 Å². The Labute approximate surface area is 138 Å². The molecule has 1 saturated carbocycles. The van der Waals surface area contributed by atoms with Gasteiger partial charge >= 0.3 is 0 Å². The van der Waals surface area contributed by atoms with Crippen LogP contribution >= 0.6 is 24.2 Å². The van der Waals surface area contributed by atoms with Crippen LogP contribution in [0.2, 0.25) is 0 Å². The molecule has 1 aliphatic heterocycles. The number of ether oxygens (including phenoxy) is 1. The van der Waals surface area contributed by atoms with Gasteiger partial charge in [-0.2, -0.15) is 11.8 Å². The minimum absolute atomic E-state index is 0. The third kappa shape index (κ3) is 3.21. The Morgan fingerprint density at radius 3 is 2.48 bits per heavy atom. The highest BCUT2D eigenvalue weighted by Gasteiger charge is 2.64. The van der Waals surface area contributed by atoms with Crippen LogP contribution in [0.4, 0.5) is 0 Å². The highest BCUT2D eigenvalue weighted by Crippen LogP contribution is 2.51. The second-order valence-corrected chi connectivity index (χ2v) is 8.98. The molecule has 21 heavy (non-hydrogen) atoms. The zero-order valence-corrected chi connectivity index (χ0v) is 15.4. The molecule has 124 valence electrons. The van der Waals surface area contributed by atoms with E-state index in [2.05, 4.69) is 27.7 Å². The number of thioether (sulfide) groups is 1. The van der Waals surface area contributed by atoms with E-state index in [0.29, 0.717) is 13.0 Å². The number of nitrogens with zero attached hydrogens (tertiary/aromatic N) is 1. The van der Waals surface area contributed by atoms with E-state index in [9.17, 15) is 4.79 Å². The Bertz CT molecular complexity index is 403. The Morgan fingerprint density at radius 1 is 1.38 bits per heavy atom. The van der Waals surface area contributed by atoms with Gasteiger partial charge < -0.3 is 15.4 Å². The van der Waals surface area contributed by atoms with E-state index in [1.54, 1.807) is 0 Å². The fraction of sp³-hybridized carbons (Fsp3) is 0.933. The molecule has 0 radical (unpaired) electrons. The Hall–Kier alpha value is 0.0300. The molecule has 0 spiro atoms. The van der Waals surface area contributed by atoms with Gasteiger partial charge in [-0.05, 0) is 20.8 Å². The summed E-state index contributed by atoms with van der Waals surface area (Å²) in [7, 11) is 0. The lowest BCUT2D eigenvalue weighted by molar-refractivity contribution is -0.179. The third-order valence-corrected chi connectivity index (χ3v) is 6.22. The molecule has 2 rings (SSSR count). The molecule has 4 nitrogen and oxygen atoms in total. The van der Waals surface area contributed by atoms with Crippen molar-refractivity contribution in [1.82, 2.24) is 4.90 Å². The quantitative estimate of drug-likeness (QED) is 0.859. The largest absolute Gasteiger partial charge is 0.378 e. The predicted octanol–water partition coefficient (Wildman–Crippen LogP) is 2.29. The van der Waals surface area contributed by atoms with Gasteiger partial charge in [0.2, 0.25) is 5.91 Å². The fourth-order valence-electron chi connectivity index (χ4n) is 3.27. The lowest BCUT2D eigenvalue weighted by atomic mass is 9.54. The predicted molar refractivity (Wildman–Crippen MR) is 91.1 cm³/mol. The van der Waals surface area contributed by atoms with Crippen LogP contribution in [-0.4, -0.2) is 52.6 Å². The van der Waals surface area contributed by atoms with Crippen molar-refractivity contribution in [3.05, 3.63) is 0 Å². The van der Waals surface area contributed by atoms with Crippen LogP contribution in [0.1, 0.15) is 41.0 Å². The van der Waals surface area contributed by atoms with Gasteiger partial charge in [0.15, 0.2) is 0 Å². The summed E-state index contributed by atoms with van der Waals surface area (Å²) >= 11 is 1.93. The molecular weight excluding hydrogens is 308 g/mol. The van der Waals surface area contributed by atoms with Gasteiger partial charge in [0.1, 0.15) is 5.54 Å². The first kappa shape index (κ1) is 19.1. The molecule has 0 aromatic heterocycles. The van der Waals surface area contributed by atoms with Gasteiger partial charge in [0.05, 0.1) is 6.10 Å². The number of carbonyl (C=O) groups excluding carboxylic acids is 1. The lowest BCUT2D eigenvalue weighted by Crippen LogP contribution is -2.76. The molecule has 2 atom stereocenters. The van der Waals surface area contributed by atoms with Crippen molar-refractivity contribution in [1.29, 1.82) is 0 Å². The van der Waals surface area contributed by atoms with E-state index in [4.69, 9.17) is 10.5 Å². The average molecular weight is 337 g/mol. The molecule has 2 fully saturated rings. The molecule has 0 aromatic carbocycles. The fourth-order valence-corrected chi connectivity index (χ4v) is 4.38. The maximum absolute atomic E-state index is 12.9. The topological polar surface area (TPSA) is 55.6 Å². The molecule has 1 amide bonds. The van der Waals surface area contributed by atoms with Gasteiger partial charge in [-0.25, -0.2) is 0 Å². The maximum atomic E-state index is 12.9. The second kappa shape index (κ2) is 6.26. The van der Waals surface area contributed by atoms with Gasteiger partial charge in [0.25, 0.3) is 0 Å². The number of amides is 1. The molecule has 1 heterocycles. The second-order valence-electron chi connectivity index (χ2n) is 7.18. The smallest absolute Gasteiger partial charge is 0.243 e. The molecule has 0 bridgehead atoms. The minimum atomic E-state index is -0.773. The maximum Gasteiger partial charge on any atom is 0.243 e. The summed E-state index contributed by atoms with van der Waals surface area (Å²) in [6, 6.07) is 0. The van der Waals surface area contributed by atoms with Crippen molar-refractivity contribution in [3.63, 3.8) is 0 Å². The van der Waals surface area contributed by atoms with Gasteiger partial charge in [-0.15, -0.1) is 12.4 Å². The van der Waals surface area contributed by atoms with Crippen LogP contribution in [0.15, 0.2) is 0 Å². The number of hydrogen-bond donors (Lipinski definition) is 1. The summed E-state index contributed by atoms with van der Waals surface area (Å²) in [5.74, 6) is 1.09. The molecule has 1 saturated heterocycles. The average Bonchev–Trinajstić information content (AvgIpc) is 2.36. The van der Waals surface area contributed by atoms with Gasteiger partial charge in [-0.3, -0.25) is 4.79 Å². The zero-order chi connectivity index (χ0) is 15.2. The molecule has 2 aliphatic rings. The molecule has 6 heteroatoms. The highest BCUT2D eigenvalue weighted by molar-refractivity contribution is 8.00. The number of halogens is 1. The number of hydrogen-bond acceptors (Lipinski definition) is 4. The van der Waals surface area contributed by atoms with Crippen molar-refractivity contribution in [2.24, 2.45) is 11.1 Å². The summed E-state index contributed by atoms with van der Waals surface area (Å²) in [6.45, 7) is 12.7. The van der Waals surface area contributed by atoms with Crippen LogP contribution in [0.5, 0.6) is 0 Å². The van der Waals surface area contributed by atoms with Crippen molar-refractivity contribution in [2.45, 2.75) is 57.4 Å². The van der Waals surface area contributed by atoms with Crippen molar-refractivity contribution >= 4 is 30.1 Å². The first-order chi connectivity index (χ1) is 9.14. The molecular formula is C15H29ClN2O2S. The van der Waals surface area contributed by atoms with E-state index in [0.717, 1.165) is 18.8 Å². The SMILES string of the molecule is CCOC1CC(N)(C(=O)N2CCSC(C)(C)C2)C1(C)C.Cl. The van der Waals surface area contributed by atoms with Crippen LogP contribution in [0.25, 0.3) is 0 Å². The summed E-state index contributed by atoms with van der Waals surface area (Å²) in [5.41, 5.74) is 5.42.